The highest BCUT2D eigenvalue weighted by Crippen LogP contribution is 2.34. The Morgan fingerprint density at radius 1 is 1.00 bits per heavy atom. The summed E-state index contributed by atoms with van der Waals surface area (Å²) in [5, 5.41) is 3.47. The maximum atomic E-state index is 13.3. The van der Waals surface area contributed by atoms with E-state index in [4.69, 9.17) is 16.3 Å². The van der Waals surface area contributed by atoms with Crippen LogP contribution in [0.4, 0.5) is 11.4 Å². The van der Waals surface area contributed by atoms with Gasteiger partial charge in [0.1, 0.15) is 5.75 Å². The summed E-state index contributed by atoms with van der Waals surface area (Å²) in [5.74, 6) is 0.785. The topological polar surface area (TPSA) is 87.7 Å². The zero-order chi connectivity index (χ0) is 26.6. The Morgan fingerprint density at radius 3 is 2.43 bits per heavy atom. The van der Waals surface area contributed by atoms with Crippen LogP contribution in [0.15, 0.2) is 76.5 Å². The lowest BCUT2D eigenvalue weighted by Crippen LogP contribution is -2.42. The monoisotopic (exact) mass is 559 g/mol. The molecular weight excluding hydrogens is 530 g/mol. The molecule has 37 heavy (non-hydrogen) atoms. The van der Waals surface area contributed by atoms with Crippen LogP contribution >= 0.6 is 23.5 Å². The number of amides is 1. The van der Waals surface area contributed by atoms with Crippen molar-refractivity contribution in [3.63, 3.8) is 0 Å². The molecule has 1 saturated heterocycles. The maximum Gasteiger partial charge on any atom is 0.255 e. The van der Waals surface area contributed by atoms with E-state index in [0.717, 1.165) is 12.1 Å². The number of piperidine rings is 1. The summed E-state index contributed by atoms with van der Waals surface area (Å²) in [6.07, 6.45) is 1.00. The Morgan fingerprint density at radius 2 is 1.73 bits per heavy atom. The van der Waals surface area contributed by atoms with Crippen molar-refractivity contribution in [3.05, 3.63) is 77.3 Å². The highest BCUT2D eigenvalue weighted by atomic mass is 35.5. The van der Waals surface area contributed by atoms with Gasteiger partial charge in [-0.2, -0.15) is 4.31 Å². The number of sulfonamides is 1. The summed E-state index contributed by atoms with van der Waals surface area (Å²) < 4.78 is 36.8. The molecule has 0 aromatic heterocycles. The lowest BCUT2D eigenvalue weighted by molar-refractivity contribution is 0.102. The second kappa shape index (κ2) is 11.8. The van der Waals surface area contributed by atoms with Crippen LogP contribution in [0.25, 0.3) is 0 Å². The lowest BCUT2D eigenvalue weighted by Gasteiger charge is -2.34. The van der Waals surface area contributed by atoms with Crippen LogP contribution in [0.3, 0.4) is 0 Å². The third kappa shape index (κ3) is 6.59. The van der Waals surface area contributed by atoms with Gasteiger partial charge in [0.2, 0.25) is 10.0 Å². The summed E-state index contributed by atoms with van der Waals surface area (Å²) in [4.78, 5) is 14.0. The highest BCUT2D eigenvalue weighted by molar-refractivity contribution is 8.00. The molecule has 2 N–H and O–H groups in total. The molecule has 2 atom stereocenters. The Kier molecular flexibility index (Phi) is 8.69. The van der Waals surface area contributed by atoms with Crippen molar-refractivity contribution < 1.29 is 17.9 Å². The molecule has 3 aromatic carbocycles. The number of methoxy groups -OCH3 is 1. The molecule has 0 saturated carbocycles. The van der Waals surface area contributed by atoms with E-state index in [1.165, 1.54) is 28.4 Å². The number of halogens is 1. The van der Waals surface area contributed by atoms with Crippen molar-refractivity contribution in [2.45, 2.75) is 30.1 Å². The smallest absolute Gasteiger partial charge is 0.255 e. The number of hydrogen-bond acceptors (Lipinski definition) is 6. The highest BCUT2D eigenvalue weighted by Gasteiger charge is 2.32. The second-order valence-corrected chi connectivity index (χ2v) is 12.5. The number of benzene rings is 3. The van der Waals surface area contributed by atoms with E-state index in [2.05, 4.69) is 23.9 Å². The van der Waals surface area contributed by atoms with Crippen molar-refractivity contribution in [1.82, 2.24) is 4.31 Å². The molecule has 1 aliphatic rings. The van der Waals surface area contributed by atoms with E-state index >= 15 is 0 Å². The number of anilines is 2. The van der Waals surface area contributed by atoms with Gasteiger partial charge < -0.3 is 14.8 Å². The van der Waals surface area contributed by atoms with Crippen LogP contribution in [0.5, 0.6) is 5.75 Å². The van der Waals surface area contributed by atoms with Crippen molar-refractivity contribution in [1.29, 1.82) is 0 Å². The Hall–Kier alpha value is -2.72. The first kappa shape index (κ1) is 27.3. The first-order chi connectivity index (χ1) is 17.7. The van der Waals surface area contributed by atoms with Gasteiger partial charge in [0.05, 0.1) is 33.3 Å². The third-order valence-electron chi connectivity index (χ3n) is 6.15. The zero-order valence-corrected chi connectivity index (χ0v) is 23.3. The molecule has 196 valence electrons. The standard InChI is InChI=1S/C27H30ClN3O4S2/c1-18-13-19(2)17-31(16-18)37(33,34)22-8-6-7-20(14-22)27(32)29-25-12-11-21(35-3)15-26(25)36-30-24-10-5-4-9-23(24)28/h4-12,14-15,18-19,30H,13,16-17H2,1-3H3,(H,29,32). The van der Waals surface area contributed by atoms with E-state index in [1.807, 2.05) is 18.2 Å². The van der Waals surface area contributed by atoms with Crippen LogP contribution < -0.4 is 14.8 Å². The molecule has 1 amide bonds. The average molecular weight is 560 g/mol. The van der Waals surface area contributed by atoms with Gasteiger partial charge in [-0.25, -0.2) is 8.42 Å². The largest absolute Gasteiger partial charge is 0.497 e. The molecule has 3 aromatic rings. The molecule has 0 radical (unpaired) electrons. The van der Waals surface area contributed by atoms with Crippen molar-refractivity contribution in [3.8, 4) is 5.75 Å². The fourth-order valence-corrected chi connectivity index (χ4v) is 7.18. The van der Waals surface area contributed by atoms with Gasteiger partial charge in [0, 0.05) is 18.7 Å². The fraction of sp³-hybridized carbons (Fsp3) is 0.296. The van der Waals surface area contributed by atoms with Crippen molar-refractivity contribution in [2.75, 3.05) is 30.2 Å². The van der Waals surface area contributed by atoms with E-state index in [0.29, 0.717) is 34.4 Å². The van der Waals surface area contributed by atoms with Gasteiger partial charge >= 0.3 is 0 Å². The molecule has 10 heteroatoms. The van der Waals surface area contributed by atoms with Crippen LogP contribution in [0.2, 0.25) is 5.02 Å². The van der Waals surface area contributed by atoms with Gasteiger partial charge in [-0.1, -0.05) is 43.6 Å². The second-order valence-electron chi connectivity index (χ2n) is 9.30. The molecule has 0 spiro atoms. The summed E-state index contributed by atoms with van der Waals surface area (Å²) in [5.41, 5.74) is 1.53. The van der Waals surface area contributed by atoms with Gasteiger partial charge in [-0.3, -0.25) is 4.79 Å². The van der Waals surface area contributed by atoms with E-state index in [1.54, 1.807) is 43.5 Å². The molecule has 2 unspecified atom stereocenters. The number of ether oxygens (including phenoxy) is 1. The Bertz CT molecular complexity index is 1370. The number of carbonyl (C=O) groups excluding carboxylic acids is 1. The predicted molar refractivity (Wildman–Crippen MR) is 150 cm³/mol. The van der Waals surface area contributed by atoms with Gasteiger partial charge in [0.25, 0.3) is 5.91 Å². The van der Waals surface area contributed by atoms with Gasteiger partial charge in [-0.05, 0) is 78.7 Å². The van der Waals surface area contributed by atoms with Crippen molar-refractivity contribution in [2.24, 2.45) is 11.8 Å². The molecule has 4 rings (SSSR count). The lowest BCUT2D eigenvalue weighted by atomic mass is 9.94. The fourth-order valence-electron chi connectivity index (χ4n) is 4.41. The van der Waals surface area contributed by atoms with Gasteiger partial charge in [0.15, 0.2) is 0 Å². The molecule has 7 nitrogen and oxygen atoms in total. The number of rotatable bonds is 8. The number of nitrogens with zero attached hydrogens (tertiary/aromatic N) is 1. The quantitative estimate of drug-likeness (QED) is 0.311. The predicted octanol–water partition coefficient (Wildman–Crippen LogP) is 6.39. The van der Waals surface area contributed by atoms with Crippen LogP contribution in [0.1, 0.15) is 30.6 Å². The Balaban J connectivity index is 1.55. The normalized spacial score (nSPS) is 18.3. The molecule has 0 aliphatic carbocycles. The summed E-state index contributed by atoms with van der Waals surface area (Å²) in [7, 11) is -2.14. The van der Waals surface area contributed by atoms with Crippen molar-refractivity contribution >= 4 is 50.9 Å². The van der Waals surface area contributed by atoms with E-state index in [-0.39, 0.29) is 22.3 Å². The molecule has 1 aliphatic heterocycles. The van der Waals surface area contributed by atoms with Crippen LogP contribution in [-0.2, 0) is 10.0 Å². The first-order valence-corrected chi connectivity index (χ1v) is 14.6. The molecule has 1 heterocycles. The summed E-state index contributed by atoms with van der Waals surface area (Å²) >= 11 is 7.53. The number of nitrogens with one attached hydrogen (secondary N) is 2. The van der Waals surface area contributed by atoms with E-state index < -0.39 is 15.9 Å². The molecule has 0 bridgehead atoms. The SMILES string of the molecule is COc1ccc(NC(=O)c2cccc(S(=O)(=O)N3CC(C)CC(C)C3)c2)c(SNc2ccccc2Cl)c1. The average Bonchev–Trinajstić information content (AvgIpc) is 2.88. The van der Waals surface area contributed by atoms with Crippen LogP contribution in [0, 0.1) is 11.8 Å². The summed E-state index contributed by atoms with van der Waals surface area (Å²) in [6.45, 7) is 5.09. The summed E-state index contributed by atoms with van der Waals surface area (Å²) in [6, 6.07) is 18.8. The third-order valence-corrected chi connectivity index (χ3v) is 9.19. The maximum absolute atomic E-state index is 13.3. The minimum atomic E-state index is -3.71. The first-order valence-electron chi connectivity index (χ1n) is 11.9. The minimum absolute atomic E-state index is 0.117. The zero-order valence-electron chi connectivity index (χ0n) is 20.9. The Labute approximate surface area is 227 Å². The number of carbonyl (C=O) groups is 1. The van der Waals surface area contributed by atoms with E-state index in [9.17, 15) is 13.2 Å². The number of para-hydroxylation sites is 1. The molecular formula is C27H30ClN3O4S2. The molecule has 1 fully saturated rings. The number of hydrogen-bond donors (Lipinski definition) is 2. The minimum Gasteiger partial charge on any atom is -0.497 e. The van der Waals surface area contributed by atoms with Crippen LogP contribution in [-0.4, -0.2) is 38.8 Å². The van der Waals surface area contributed by atoms with Gasteiger partial charge in [-0.15, -0.1) is 0 Å².